The van der Waals surface area contributed by atoms with Gasteiger partial charge in [0.1, 0.15) is 5.82 Å². The predicted molar refractivity (Wildman–Crippen MR) is 70.7 cm³/mol. The highest BCUT2D eigenvalue weighted by Gasteiger charge is 2.31. The molecule has 1 fully saturated rings. The van der Waals surface area contributed by atoms with Crippen molar-refractivity contribution in [1.82, 2.24) is 14.9 Å². The lowest BCUT2D eigenvalue weighted by atomic mass is 10.2. The van der Waals surface area contributed by atoms with Gasteiger partial charge in [-0.15, -0.1) is 0 Å². The van der Waals surface area contributed by atoms with Crippen LogP contribution in [-0.4, -0.2) is 29.8 Å². The van der Waals surface area contributed by atoms with Crippen LogP contribution in [0.15, 0.2) is 0 Å². The molecule has 1 aliphatic carbocycles. The van der Waals surface area contributed by atoms with Gasteiger partial charge in [0, 0.05) is 51.4 Å². The van der Waals surface area contributed by atoms with E-state index in [4.69, 9.17) is 9.72 Å². The second kappa shape index (κ2) is 5.41. The number of aromatic nitrogens is 2. The molecule has 1 aliphatic heterocycles. The fourth-order valence-electron chi connectivity index (χ4n) is 2.81. The van der Waals surface area contributed by atoms with Gasteiger partial charge in [0.2, 0.25) is 0 Å². The quantitative estimate of drug-likeness (QED) is 0.782. The summed E-state index contributed by atoms with van der Waals surface area (Å²) in [6, 6.07) is 0. The Bertz CT molecular complexity index is 409. The lowest BCUT2D eigenvalue weighted by molar-refractivity contribution is 0.191. The average Bonchev–Trinajstić information content (AvgIpc) is 3.17. The van der Waals surface area contributed by atoms with Crippen molar-refractivity contribution in [1.29, 1.82) is 0 Å². The average molecular weight is 249 g/mol. The first kappa shape index (κ1) is 12.2. The van der Waals surface area contributed by atoms with E-state index in [-0.39, 0.29) is 0 Å². The molecule has 18 heavy (non-hydrogen) atoms. The van der Waals surface area contributed by atoms with Gasteiger partial charge >= 0.3 is 0 Å². The van der Waals surface area contributed by atoms with Gasteiger partial charge in [-0.2, -0.15) is 0 Å². The molecule has 0 amide bonds. The van der Waals surface area contributed by atoms with Crippen LogP contribution in [0.1, 0.15) is 48.8 Å². The van der Waals surface area contributed by atoms with E-state index < -0.39 is 0 Å². The zero-order valence-corrected chi connectivity index (χ0v) is 11.2. The highest BCUT2D eigenvalue weighted by atomic mass is 16.5. The highest BCUT2D eigenvalue weighted by Crippen LogP contribution is 2.40. The molecule has 4 nitrogen and oxygen atoms in total. The summed E-state index contributed by atoms with van der Waals surface area (Å²) in [4.78, 5) is 4.88. The van der Waals surface area contributed by atoms with Crippen molar-refractivity contribution in [2.24, 2.45) is 0 Å². The second-order valence-electron chi connectivity index (χ2n) is 5.42. The summed E-state index contributed by atoms with van der Waals surface area (Å²) in [6.07, 6.45) is 6.15. The van der Waals surface area contributed by atoms with Crippen molar-refractivity contribution in [2.45, 2.75) is 51.1 Å². The third kappa shape index (κ3) is 2.45. The third-order valence-corrected chi connectivity index (χ3v) is 3.94. The lowest BCUT2D eigenvalue weighted by Gasteiger charge is -2.16. The Balaban J connectivity index is 1.74. The van der Waals surface area contributed by atoms with Crippen LogP contribution in [0, 0.1) is 0 Å². The largest absolute Gasteiger partial charge is 0.385 e. The Kier molecular flexibility index (Phi) is 3.66. The van der Waals surface area contributed by atoms with E-state index in [2.05, 4.69) is 9.88 Å². The Morgan fingerprint density at radius 3 is 3.06 bits per heavy atom. The highest BCUT2D eigenvalue weighted by molar-refractivity contribution is 5.24. The number of hydrogen-bond acceptors (Lipinski definition) is 3. The summed E-state index contributed by atoms with van der Waals surface area (Å²) >= 11 is 0. The van der Waals surface area contributed by atoms with E-state index in [0.29, 0.717) is 0 Å². The van der Waals surface area contributed by atoms with Crippen molar-refractivity contribution in [3.63, 3.8) is 0 Å². The molecule has 4 heteroatoms. The van der Waals surface area contributed by atoms with Crippen molar-refractivity contribution in [3.05, 3.63) is 17.2 Å². The molecule has 0 bridgehead atoms. The number of hydrogen-bond donors (Lipinski definition) is 1. The monoisotopic (exact) mass is 249 g/mol. The van der Waals surface area contributed by atoms with Crippen molar-refractivity contribution < 1.29 is 4.74 Å². The Morgan fingerprint density at radius 2 is 2.28 bits per heavy atom. The number of nitrogens with one attached hydrogen (secondary N) is 1. The molecule has 1 aromatic heterocycles. The molecule has 0 aromatic carbocycles. The molecule has 0 radical (unpaired) electrons. The lowest BCUT2D eigenvalue weighted by Crippen LogP contribution is -2.25. The summed E-state index contributed by atoms with van der Waals surface area (Å²) in [6.45, 7) is 4.05. The summed E-state index contributed by atoms with van der Waals surface area (Å²) in [5.74, 6) is 2.11. The van der Waals surface area contributed by atoms with E-state index in [9.17, 15) is 0 Å². The number of imidazole rings is 1. The number of nitrogens with zero attached hydrogens (tertiary/aromatic N) is 2. The van der Waals surface area contributed by atoms with E-state index in [1.165, 1.54) is 36.5 Å². The Hall–Kier alpha value is -0.870. The normalized spacial score (nSPS) is 18.9. The fourth-order valence-corrected chi connectivity index (χ4v) is 2.81. The van der Waals surface area contributed by atoms with E-state index in [1.807, 2.05) is 0 Å². The summed E-state index contributed by atoms with van der Waals surface area (Å²) in [7, 11) is 1.78. The van der Waals surface area contributed by atoms with Gasteiger partial charge in [-0.25, -0.2) is 4.98 Å². The molecule has 2 aliphatic rings. The molecule has 1 saturated carbocycles. The zero-order valence-electron chi connectivity index (χ0n) is 11.2. The van der Waals surface area contributed by atoms with Crippen LogP contribution >= 0.6 is 0 Å². The number of fused-ring (bicyclic) bond motifs is 1. The molecule has 0 unspecified atom stereocenters. The third-order valence-electron chi connectivity index (χ3n) is 3.94. The van der Waals surface area contributed by atoms with Crippen LogP contribution < -0.4 is 5.32 Å². The molecule has 100 valence electrons. The smallest absolute Gasteiger partial charge is 0.112 e. The van der Waals surface area contributed by atoms with E-state index >= 15 is 0 Å². The predicted octanol–water partition coefficient (Wildman–Crippen LogP) is 1.83. The minimum Gasteiger partial charge on any atom is -0.385 e. The van der Waals surface area contributed by atoms with Gasteiger partial charge in [0.25, 0.3) is 0 Å². The minimum absolute atomic E-state index is 0.748. The van der Waals surface area contributed by atoms with Crippen LogP contribution in [0.3, 0.4) is 0 Å². The van der Waals surface area contributed by atoms with Gasteiger partial charge in [0.05, 0.1) is 5.69 Å². The maximum atomic E-state index is 5.13. The van der Waals surface area contributed by atoms with Gasteiger partial charge in [-0.05, 0) is 25.7 Å². The SMILES string of the molecule is COCCCCn1c(C2CC2)nc2c1CCNC2. The fraction of sp³-hybridized carbons (Fsp3) is 0.786. The maximum absolute atomic E-state index is 5.13. The first-order chi connectivity index (χ1) is 8.90. The maximum Gasteiger partial charge on any atom is 0.112 e. The van der Waals surface area contributed by atoms with Crippen LogP contribution in [0.4, 0.5) is 0 Å². The van der Waals surface area contributed by atoms with Gasteiger partial charge in [0.15, 0.2) is 0 Å². The van der Waals surface area contributed by atoms with Gasteiger partial charge in [-0.1, -0.05) is 0 Å². The van der Waals surface area contributed by atoms with Crippen LogP contribution in [0.5, 0.6) is 0 Å². The van der Waals surface area contributed by atoms with Crippen LogP contribution in [0.25, 0.3) is 0 Å². The summed E-state index contributed by atoms with van der Waals surface area (Å²) < 4.78 is 7.65. The number of methoxy groups -OCH3 is 1. The van der Waals surface area contributed by atoms with Crippen molar-refractivity contribution in [2.75, 3.05) is 20.3 Å². The standard InChI is InChI=1S/C14H23N3O/c1-18-9-3-2-8-17-13-6-7-15-10-12(13)16-14(17)11-4-5-11/h11,15H,2-10H2,1H3. The summed E-state index contributed by atoms with van der Waals surface area (Å²) in [5.41, 5.74) is 2.79. The van der Waals surface area contributed by atoms with E-state index in [0.717, 1.165) is 45.0 Å². The number of unbranched alkanes of at least 4 members (excludes halogenated alkanes) is 1. The van der Waals surface area contributed by atoms with Crippen LogP contribution in [0.2, 0.25) is 0 Å². The van der Waals surface area contributed by atoms with Gasteiger partial charge < -0.3 is 14.6 Å². The summed E-state index contributed by atoms with van der Waals surface area (Å²) in [5, 5.41) is 3.42. The van der Waals surface area contributed by atoms with Crippen molar-refractivity contribution in [3.8, 4) is 0 Å². The molecule has 3 rings (SSSR count). The number of rotatable bonds is 6. The molecule has 1 N–H and O–H groups in total. The topological polar surface area (TPSA) is 39.1 Å². The van der Waals surface area contributed by atoms with Crippen LogP contribution in [-0.2, 0) is 24.2 Å². The molecule has 0 saturated heterocycles. The number of ether oxygens (including phenoxy) is 1. The second-order valence-corrected chi connectivity index (χ2v) is 5.42. The molecule has 0 atom stereocenters. The Morgan fingerprint density at radius 1 is 1.39 bits per heavy atom. The molecule has 2 heterocycles. The minimum atomic E-state index is 0.748. The van der Waals surface area contributed by atoms with Gasteiger partial charge in [-0.3, -0.25) is 0 Å². The molecular weight excluding hydrogens is 226 g/mol. The first-order valence-corrected chi connectivity index (χ1v) is 7.18. The molecule has 0 spiro atoms. The first-order valence-electron chi connectivity index (χ1n) is 7.18. The zero-order chi connectivity index (χ0) is 12.4. The Labute approximate surface area is 109 Å². The molecular formula is C14H23N3O. The van der Waals surface area contributed by atoms with E-state index in [1.54, 1.807) is 7.11 Å². The molecule has 1 aromatic rings. The van der Waals surface area contributed by atoms with Crippen molar-refractivity contribution >= 4 is 0 Å².